The number of aliphatic hydroxyl groups is 2. The molecule has 3 aromatic rings. The van der Waals surface area contributed by atoms with E-state index in [1.54, 1.807) is 6.20 Å². The first-order chi connectivity index (χ1) is 14.0. The van der Waals surface area contributed by atoms with Crippen LogP contribution in [0.2, 0.25) is 0 Å². The lowest BCUT2D eigenvalue weighted by molar-refractivity contribution is -0.0166. The Balaban J connectivity index is 1.45. The molecule has 0 radical (unpaired) electrons. The molecule has 5 rings (SSSR count). The van der Waals surface area contributed by atoms with Gasteiger partial charge >= 0.3 is 0 Å². The van der Waals surface area contributed by atoms with E-state index in [0.29, 0.717) is 6.42 Å². The van der Waals surface area contributed by atoms with E-state index in [0.717, 1.165) is 53.0 Å². The second-order valence-electron chi connectivity index (χ2n) is 8.36. The Kier molecular flexibility index (Phi) is 4.57. The van der Waals surface area contributed by atoms with Crippen LogP contribution in [0.15, 0.2) is 36.7 Å². The molecule has 1 aliphatic carbocycles. The standard InChI is InChI=1S/C23H27N3O3/c1-13-9-15-4-6-24-12-17(15)19(10-13)29-20-11-18(21(27)22(20)28)26-8-5-16-14(2)3-7-25-23(16)26/h3,5,7-10,18,20-22,24,27-28H,4,6,11-12H2,1-2H3/t18?,20?,21-,22+/m0/s1. The second kappa shape index (κ2) is 7.13. The fraction of sp³-hybridized carbons (Fsp3) is 0.435. The van der Waals surface area contributed by atoms with Gasteiger partial charge in [0.2, 0.25) is 0 Å². The van der Waals surface area contributed by atoms with Crippen molar-refractivity contribution in [2.45, 2.75) is 57.6 Å². The summed E-state index contributed by atoms with van der Waals surface area (Å²) in [6.07, 6.45) is 2.92. The summed E-state index contributed by atoms with van der Waals surface area (Å²) in [6.45, 7) is 5.86. The maximum atomic E-state index is 10.8. The van der Waals surface area contributed by atoms with Crippen molar-refractivity contribution in [1.29, 1.82) is 0 Å². The topological polar surface area (TPSA) is 79.5 Å². The van der Waals surface area contributed by atoms with E-state index in [1.807, 2.05) is 29.0 Å². The minimum atomic E-state index is -0.949. The molecule has 1 saturated carbocycles. The van der Waals surface area contributed by atoms with Gasteiger partial charge in [-0.3, -0.25) is 0 Å². The minimum absolute atomic E-state index is 0.277. The zero-order valence-electron chi connectivity index (χ0n) is 16.8. The molecule has 0 bridgehead atoms. The van der Waals surface area contributed by atoms with Crippen LogP contribution in [0, 0.1) is 13.8 Å². The normalized spacial score (nSPS) is 26.6. The lowest BCUT2D eigenvalue weighted by atomic mass is 9.97. The van der Waals surface area contributed by atoms with Crippen LogP contribution in [0.4, 0.5) is 0 Å². The van der Waals surface area contributed by atoms with Crippen LogP contribution in [0.5, 0.6) is 5.75 Å². The largest absolute Gasteiger partial charge is 0.487 e. The van der Waals surface area contributed by atoms with Crippen LogP contribution in [0.25, 0.3) is 11.0 Å². The van der Waals surface area contributed by atoms with Gasteiger partial charge in [-0.1, -0.05) is 6.07 Å². The van der Waals surface area contributed by atoms with E-state index in [4.69, 9.17) is 4.74 Å². The summed E-state index contributed by atoms with van der Waals surface area (Å²) in [5, 5.41) is 26.0. The minimum Gasteiger partial charge on any atom is -0.487 e. The maximum Gasteiger partial charge on any atom is 0.140 e. The Morgan fingerprint density at radius 2 is 2.03 bits per heavy atom. The Labute approximate surface area is 170 Å². The number of ether oxygens (including phenoxy) is 1. The van der Waals surface area contributed by atoms with Crippen molar-refractivity contribution in [3.8, 4) is 5.75 Å². The average molecular weight is 393 g/mol. The van der Waals surface area contributed by atoms with E-state index < -0.39 is 18.3 Å². The molecule has 1 aliphatic heterocycles. The summed E-state index contributed by atoms with van der Waals surface area (Å²) >= 11 is 0. The lowest BCUT2D eigenvalue weighted by Crippen LogP contribution is -2.34. The van der Waals surface area contributed by atoms with Gasteiger partial charge in [0, 0.05) is 36.3 Å². The monoisotopic (exact) mass is 393 g/mol. The van der Waals surface area contributed by atoms with E-state index >= 15 is 0 Å². The van der Waals surface area contributed by atoms with Crippen molar-refractivity contribution in [3.63, 3.8) is 0 Å². The Morgan fingerprint density at radius 1 is 1.17 bits per heavy atom. The van der Waals surface area contributed by atoms with Crippen LogP contribution in [0.3, 0.4) is 0 Å². The molecule has 29 heavy (non-hydrogen) atoms. The zero-order valence-corrected chi connectivity index (χ0v) is 16.8. The highest BCUT2D eigenvalue weighted by molar-refractivity contribution is 5.79. The van der Waals surface area contributed by atoms with E-state index in [9.17, 15) is 10.2 Å². The van der Waals surface area contributed by atoms with Crippen LogP contribution in [-0.2, 0) is 13.0 Å². The van der Waals surface area contributed by atoms with Crippen molar-refractivity contribution in [2.75, 3.05) is 6.54 Å². The first-order valence-corrected chi connectivity index (χ1v) is 10.3. The molecule has 2 aromatic heterocycles. The summed E-state index contributed by atoms with van der Waals surface area (Å²) in [4.78, 5) is 4.51. The van der Waals surface area contributed by atoms with Gasteiger partial charge in [-0.2, -0.15) is 0 Å². The number of aryl methyl sites for hydroxylation is 2. The molecule has 0 spiro atoms. The molecule has 0 amide bonds. The highest BCUT2D eigenvalue weighted by Crippen LogP contribution is 2.37. The molecule has 2 unspecified atom stereocenters. The number of aromatic nitrogens is 2. The number of benzene rings is 1. The number of rotatable bonds is 3. The molecular formula is C23H27N3O3. The molecule has 2 aliphatic rings. The molecule has 3 N–H and O–H groups in total. The van der Waals surface area contributed by atoms with Crippen LogP contribution in [0.1, 0.15) is 34.7 Å². The number of nitrogens with zero attached hydrogens (tertiary/aromatic N) is 2. The Hall–Kier alpha value is -2.41. The summed E-state index contributed by atoms with van der Waals surface area (Å²) in [5.74, 6) is 0.815. The molecule has 6 nitrogen and oxygen atoms in total. The predicted octanol–water partition coefficient (Wildman–Crippen LogP) is 2.41. The third-order valence-electron chi connectivity index (χ3n) is 6.39. The van der Waals surface area contributed by atoms with Crippen molar-refractivity contribution in [3.05, 3.63) is 58.9 Å². The Bertz CT molecular complexity index is 1060. The molecule has 152 valence electrons. The van der Waals surface area contributed by atoms with Gasteiger partial charge in [0.25, 0.3) is 0 Å². The van der Waals surface area contributed by atoms with Crippen LogP contribution in [-0.4, -0.2) is 44.6 Å². The van der Waals surface area contributed by atoms with Gasteiger partial charge in [-0.05, 0) is 61.7 Å². The SMILES string of the molecule is Cc1cc2c(c(OC3CC(n4ccc5c(C)ccnc54)[C@H](O)[C@@H]3O)c1)CNCC2. The first-order valence-electron chi connectivity index (χ1n) is 10.3. The number of aliphatic hydroxyl groups excluding tert-OH is 2. The summed E-state index contributed by atoms with van der Waals surface area (Å²) < 4.78 is 8.30. The number of nitrogens with one attached hydrogen (secondary N) is 1. The maximum absolute atomic E-state index is 10.8. The number of pyridine rings is 1. The van der Waals surface area contributed by atoms with Crippen molar-refractivity contribution >= 4 is 11.0 Å². The molecule has 4 atom stereocenters. The number of hydrogen-bond acceptors (Lipinski definition) is 5. The quantitative estimate of drug-likeness (QED) is 0.637. The molecular weight excluding hydrogens is 366 g/mol. The molecule has 6 heteroatoms. The van der Waals surface area contributed by atoms with Crippen LogP contribution < -0.4 is 10.1 Å². The number of hydrogen-bond donors (Lipinski definition) is 3. The highest BCUT2D eigenvalue weighted by Gasteiger charge is 2.44. The van der Waals surface area contributed by atoms with Gasteiger partial charge in [0.1, 0.15) is 29.7 Å². The molecule has 0 saturated heterocycles. The number of fused-ring (bicyclic) bond motifs is 2. The van der Waals surface area contributed by atoms with Gasteiger partial charge in [0.15, 0.2) is 0 Å². The fourth-order valence-electron chi connectivity index (χ4n) is 4.80. The van der Waals surface area contributed by atoms with Gasteiger partial charge in [0.05, 0.1) is 6.04 Å². The summed E-state index contributed by atoms with van der Waals surface area (Å²) in [6, 6.07) is 7.97. The van der Waals surface area contributed by atoms with Crippen LogP contribution >= 0.6 is 0 Å². The molecule has 1 aromatic carbocycles. The summed E-state index contributed by atoms with van der Waals surface area (Å²) in [5.41, 5.74) is 5.60. The van der Waals surface area contributed by atoms with E-state index in [2.05, 4.69) is 30.2 Å². The highest BCUT2D eigenvalue weighted by atomic mass is 16.5. The molecule has 3 heterocycles. The van der Waals surface area contributed by atoms with Gasteiger partial charge in [-0.25, -0.2) is 4.98 Å². The third kappa shape index (κ3) is 3.12. The second-order valence-corrected chi connectivity index (χ2v) is 8.36. The molecule has 1 fully saturated rings. The van der Waals surface area contributed by atoms with E-state index in [-0.39, 0.29) is 6.04 Å². The third-order valence-corrected chi connectivity index (χ3v) is 6.39. The van der Waals surface area contributed by atoms with Crippen molar-refractivity contribution in [1.82, 2.24) is 14.9 Å². The average Bonchev–Trinajstić information content (AvgIpc) is 3.25. The van der Waals surface area contributed by atoms with Gasteiger partial charge < -0.3 is 24.8 Å². The lowest BCUT2D eigenvalue weighted by Gasteiger charge is -2.25. The van der Waals surface area contributed by atoms with Crippen molar-refractivity contribution in [2.24, 2.45) is 0 Å². The van der Waals surface area contributed by atoms with Crippen molar-refractivity contribution < 1.29 is 14.9 Å². The smallest absolute Gasteiger partial charge is 0.140 e. The summed E-state index contributed by atoms with van der Waals surface area (Å²) in [7, 11) is 0. The predicted molar refractivity (Wildman–Crippen MR) is 111 cm³/mol. The first kappa shape index (κ1) is 18.6. The van der Waals surface area contributed by atoms with Gasteiger partial charge in [-0.15, -0.1) is 0 Å². The van der Waals surface area contributed by atoms with E-state index in [1.165, 1.54) is 5.56 Å². The Morgan fingerprint density at radius 3 is 2.90 bits per heavy atom. The zero-order chi connectivity index (χ0) is 20.1. The fourth-order valence-corrected chi connectivity index (χ4v) is 4.80.